The maximum atomic E-state index is 11.2. The fourth-order valence-corrected chi connectivity index (χ4v) is 5.30. The molecule has 11 nitrogen and oxygen atoms in total. The molecule has 0 amide bonds. The molecule has 0 radical (unpaired) electrons. The van der Waals surface area contributed by atoms with Crippen molar-refractivity contribution in [1.82, 2.24) is 0 Å². The summed E-state index contributed by atoms with van der Waals surface area (Å²) in [6.07, 6.45) is -3.40. The maximum absolute atomic E-state index is 11.2. The summed E-state index contributed by atoms with van der Waals surface area (Å²) in [6, 6.07) is 20.4. The second kappa shape index (κ2) is 12.2. The van der Waals surface area contributed by atoms with Crippen LogP contribution >= 0.6 is 0 Å². The normalized spacial score (nSPS) is 21.8. The van der Waals surface area contributed by atoms with Crippen LogP contribution in [0, 0.1) is 0 Å². The Morgan fingerprint density at radius 3 is 2.00 bits per heavy atom. The van der Waals surface area contributed by atoms with Crippen LogP contribution in [0.5, 0.6) is 28.7 Å². The molecule has 0 bridgehead atoms. The molecule has 0 spiro atoms. The Balaban J connectivity index is 1.28. The molecule has 45 heavy (non-hydrogen) atoms. The molecule has 232 valence electrons. The summed E-state index contributed by atoms with van der Waals surface area (Å²) in [7, 11) is 0. The van der Waals surface area contributed by atoms with Crippen LogP contribution in [0.25, 0.3) is 45.6 Å². The molecule has 1 fully saturated rings. The number of furan rings is 1. The van der Waals surface area contributed by atoms with Crippen LogP contribution in [0.15, 0.2) is 83.3 Å². The number of hydrogen-bond acceptors (Lipinski definition) is 11. The molecule has 5 atom stereocenters. The van der Waals surface area contributed by atoms with Gasteiger partial charge in [0.1, 0.15) is 64.5 Å². The van der Waals surface area contributed by atoms with Gasteiger partial charge in [-0.2, -0.15) is 0 Å². The van der Waals surface area contributed by atoms with Gasteiger partial charge >= 0.3 is 0 Å². The SMILES string of the molecule is OC[C@H]1O[C@@H](Oc2ccc(/C=C/c3cc(O)c4c(-c5cc(O)cc(O)c5)c(-c5ccc(O)cc5)oc4c3)cc2)[C@H](O)[C@@H](O)[C@@H]1O. The molecule has 1 saturated heterocycles. The third-order valence-corrected chi connectivity index (χ3v) is 7.56. The molecular weight excluding hydrogens is 584 g/mol. The molecule has 1 aromatic heterocycles. The first-order chi connectivity index (χ1) is 21.6. The van der Waals surface area contributed by atoms with Gasteiger partial charge in [-0.05, 0) is 77.4 Å². The van der Waals surface area contributed by atoms with Crippen LogP contribution < -0.4 is 4.74 Å². The van der Waals surface area contributed by atoms with Crippen LogP contribution in [0.4, 0.5) is 0 Å². The van der Waals surface area contributed by atoms with Crippen molar-refractivity contribution in [2.45, 2.75) is 30.7 Å². The molecule has 0 saturated carbocycles. The van der Waals surface area contributed by atoms with Gasteiger partial charge in [0.25, 0.3) is 0 Å². The van der Waals surface area contributed by atoms with E-state index >= 15 is 0 Å². The third-order valence-electron chi connectivity index (χ3n) is 7.56. The Kier molecular flexibility index (Phi) is 8.11. The molecule has 5 aromatic rings. The van der Waals surface area contributed by atoms with E-state index in [1.165, 1.54) is 30.3 Å². The Labute approximate surface area is 256 Å². The molecule has 6 rings (SSSR count). The lowest BCUT2D eigenvalue weighted by Gasteiger charge is -2.39. The zero-order valence-electron chi connectivity index (χ0n) is 23.6. The molecule has 0 aliphatic carbocycles. The lowest BCUT2D eigenvalue weighted by Crippen LogP contribution is -2.60. The predicted molar refractivity (Wildman–Crippen MR) is 164 cm³/mol. The number of benzene rings is 4. The summed E-state index contributed by atoms with van der Waals surface area (Å²) in [5, 5.41) is 81.1. The minimum Gasteiger partial charge on any atom is -0.508 e. The van der Waals surface area contributed by atoms with Crippen molar-refractivity contribution < 1.29 is 54.7 Å². The first kappa shape index (κ1) is 30.0. The Hall–Kier alpha value is -5.04. The highest BCUT2D eigenvalue weighted by atomic mass is 16.7. The lowest BCUT2D eigenvalue weighted by atomic mass is 9.97. The van der Waals surface area contributed by atoms with Crippen molar-refractivity contribution in [2.24, 2.45) is 0 Å². The number of fused-ring (bicyclic) bond motifs is 1. The van der Waals surface area contributed by atoms with Crippen molar-refractivity contribution in [1.29, 1.82) is 0 Å². The maximum Gasteiger partial charge on any atom is 0.229 e. The second-order valence-corrected chi connectivity index (χ2v) is 10.7. The van der Waals surface area contributed by atoms with E-state index in [2.05, 4.69) is 0 Å². The van der Waals surface area contributed by atoms with Gasteiger partial charge in [-0.25, -0.2) is 0 Å². The van der Waals surface area contributed by atoms with Gasteiger partial charge in [0.2, 0.25) is 6.29 Å². The van der Waals surface area contributed by atoms with Gasteiger partial charge in [0.15, 0.2) is 0 Å². The van der Waals surface area contributed by atoms with Crippen molar-refractivity contribution in [3.8, 4) is 51.2 Å². The number of aliphatic hydroxyl groups excluding tert-OH is 4. The molecular formula is C34H30O11. The van der Waals surface area contributed by atoms with E-state index in [4.69, 9.17) is 13.9 Å². The first-order valence-electron chi connectivity index (χ1n) is 14.0. The number of rotatable bonds is 7. The molecule has 4 aromatic carbocycles. The van der Waals surface area contributed by atoms with Crippen molar-refractivity contribution in [2.75, 3.05) is 6.61 Å². The van der Waals surface area contributed by atoms with Crippen LogP contribution in [-0.4, -0.2) is 78.2 Å². The van der Waals surface area contributed by atoms with Crippen molar-refractivity contribution >= 4 is 23.1 Å². The topological polar surface area (TPSA) is 193 Å². The van der Waals surface area contributed by atoms with Gasteiger partial charge in [0.05, 0.1) is 12.0 Å². The summed E-state index contributed by atoms with van der Waals surface area (Å²) in [5.41, 5.74) is 3.18. The molecule has 2 heterocycles. The summed E-state index contributed by atoms with van der Waals surface area (Å²) >= 11 is 0. The van der Waals surface area contributed by atoms with Crippen molar-refractivity contribution in [3.63, 3.8) is 0 Å². The summed E-state index contributed by atoms with van der Waals surface area (Å²) < 4.78 is 17.2. The number of aromatic hydroxyl groups is 4. The number of phenols is 4. The zero-order chi connectivity index (χ0) is 31.8. The summed E-state index contributed by atoms with van der Waals surface area (Å²) in [5.74, 6) is 0.316. The third kappa shape index (κ3) is 6.03. The van der Waals surface area contributed by atoms with Gasteiger partial charge in [-0.3, -0.25) is 0 Å². The Morgan fingerprint density at radius 1 is 0.667 bits per heavy atom. The molecule has 0 unspecified atom stereocenters. The van der Waals surface area contributed by atoms with Crippen LogP contribution in [-0.2, 0) is 4.74 Å². The number of ether oxygens (including phenoxy) is 2. The van der Waals surface area contributed by atoms with Crippen LogP contribution in [0.2, 0.25) is 0 Å². The van der Waals surface area contributed by atoms with Gasteiger partial charge < -0.3 is 54.7 Å². The van der Waals surface area contributed by atoms with Gasteiger partial charge in [-0.1, -0.05) is 24.3 Å². The highest BCUT2D eigenvalue weighted by molar-refractivity contribution is 6.06. The van der Waals surface area contributed by atoms with E-state index in [1.54, 1.807) is 60.7 Å². The average molecular weight is 615 g/mol. The molecule has 1 aliphatic heterocycles. The minimum absolute atomic E-state index is 0.0650. The standard InChI is InChI=1S/C34H30O11/c35-16-27-30(40)31(41)32(42)34(45-27)43-24-9-3-17(4-10-24)1-2-18-11-25(39)29-26(12-18)44-33(19-5-7-21(36)8-6-19)28(29)20-13-22(37)15-23(38)14-20/h1-15,27,30-32,34-42H,16H2/b2-1+/t27-,30-,31+,32-,34-/m1/s1. The smallest absolute Gasteiger partial charge is 0.229 e. The molecule has 11 heteroatoms. The van der Waals surface area contributed by atoms with Gasteiger partial charge in [-0.15, -0.1) is 0 Å². The lowest BCUT2D eigenvalue weighted by molar-refractivity contribution is -0.277. The highest BCUT2D eigenvalue weighted by Gasteiger charge is 2.44. The fraction of sp³-hybridized carbons (Fsp3) is 0.176. The summed E-state index contributed by atoms with van der Waals surface area (Å²) in [4.78, 5) is 0. The van der Waals surface area contributed by atoms with E-state index in [9.17, 15) is 40.9 Å². The largest absolute Gasteiger partial charge is 0.508 e. The number of phenolic OH excluding ortho intramolecular Hbond substituents is 4. The second-order valence-electron chi connectivity index (χ2n) is 10.7. The average Bonchev–Trinajstić information content (AvgIpc) is 3.41. The Bertz CT molecular complexity index is 1820. The van der Waals surface area contributed by atoms with Crippen molar-refractivity contribution in [3.05, 3.63) is 90.0 Å². The van der Waals surface area contributed by atoms with E-state index in [0.29, 0.717) is 44.7 Å². The minimum atomic E-state index is -1.55. The van der Waals surface area contributed by atoms with E-state index < -0.39 is 37.3 Å². The monoisotopic (exact) mass is 614 g/mol. The van der Waals surface area contributed by atoms with E-state index in [0.717, 1.165) is 5.56 Å². The zero-order valence-corrected chi connectivity index (χ0v) is 23.6. The predicted octanol–water partition coefficient (Wildman–Crippen LogP) is 3.94. The molecule has 1 aliphatic rings. The van der Waals surface area contributed by atoms with Crippen LogP contribution in [0.3, 0.4) is 0 Å². The quantitative estimate of drug-likeness (QED) is 0.124. The van der Waals surface area contributed by atoms with E-state index in [1.807, 2.05) is 0 Å². The first-order valence-corrected chi connectivity index (χ1v) is 14.0. The Morgan fingerprint density at radius 2 is 1.33 bits per heavy atom. The van der Waals surface area contributed by atoms with Gasteiger partial charge in [0, 0.05) is 17.2 Å². The number of aliphatic hydroxyl groups is 4. The summed E-state index contributed by atoms with van der Waals surface area (Å²) in [6.45, 7) is -0.563. The molecule has 8 N–H and O–H groups in total. The highest BCUT2D eigenvalue weighted by Crippen LogP contribution is 2.46. The fourth-order valence-electron chi connectivity index (χ4n) is 5.30. The van der Waals surface area contributed by atoms with E-state index in [-0.39, 0.29) is 23.0 Å². The van der Waals surface area contributed by atoms with Crippen LogP contribution in [0.1, 0.15) is 11.1 Å². The number of hydrogen-bond donors (Lipinski definition) is 8.